The molecule has 1 saturated heterocycles. The zero-order chi connectivity index (χ0) is 29.8. The third-order valence-electron chi connectivity index (χ3n) is 10.7. The molecule has 6 rings (SSSR count). The van der Waals surface area contributed by atoms with Crippen LogP contribution in [-0.2, 0) is 23.8 Å². The number of fused-ring (bicyclic) bond motifs is 7. The third kappa shape index (κ3) is 3.86. The molecule has 1 heterocycles. The van der Waals surface area contributed by atoms with Gasteiger partial charge in [0.1, 0.15) is 12.8 Å². The van der Waals surface area contributed by atoms with Crippen LogP contribution < -0.4 is 0 Å². The van der Waals surface area contributed by atoms with E-state index in [0.29, 0.717) is 0 Å². The van der Waals surface area contributed by atoms with Gasteiger partial charge in [-0.1, -0.05) is 42.8 Å². The Kier molecular flexibility index (Phi) is 6.41. The SMILES string of the molecule is Cc1cccc(C2O[C@@H]3C[C@H]4[C@@H]5C[C@H](F)C6=CC(=O)C=C[C@]6(C)[C@@]5(F)[C@@H](O)C[C@]4(C)[C@]3(C(=O)COC(C)(C)C)O2)c1. The summed E-state index contributed by atoms with van der Waals surface area (Å²) in [5.41, 5.74) is -5.09. The quantitative estimate of drug-likeness (QED) is 0.518. The first-order valence-corrected chi connectivity index (χ1v) is 14.6. The van der Waals surface area contributed by atoms with Crippen molar-refractivity contribution in [1.29, 1.82) is 0 Å². The van der Waals surface area contributed by atoms with E-state index in [1.54, 1.807) is 6.92 Å². The molecule has 4 fully saturated rings. The molecule has 0 aromatic heterocycles. The van der Waals surface area contributed by atoms with Gasteiger partial charge in [0.25, 0.3) is 0 Å². The Bertz CT molecular complexity index is 1350. The van der Waals surface area contributed by atoms with Crippen LogP contribution >= 0.6 is 0 Å². The molecule has 1 unspecified atom stereocenters. The topological polar surface area (TPSA) is 82.1 Å². The van der Waals surface area contributed by atoms with Crippen molar-refractivity contribution in [1.82, 2.24) is 0 Å². The van der Waals surface area contributed by atoms with Gasteiger partial charge in [-0.25, -0.2) is 8.78 Å². The molecule has 0 spiro atoms. The van der Waals surface area contributed by atoms with Crippen molar-refractivity contribution in [2.24, 2.45) is 22.7 Å². The number of halogens is 2. The lowest BCUT2D eigenvalue weighted by molar-refractivity contribution is -0.236. The van der Waals surface area contributed by atoms with Crippen molar-refractivity contribution < 1.29 is 37.7 Å². The molecule has 3 saturated carbocycles. The molecule has 0 bridgehead atoms. The summed E-state index contributed by atoms with van der Waals surface area (Å²) in [6, 6.07) is 7.68. The van der Waals surface area contributed by atoms with Crippen LogP contribution in [0.4, 0.5) is 8.78 Å². The summed E-state index contributed by atoms with van der Waals surface area (Å²) >= 11 is 0. The number of hydrogen-bond acceptors (Lipinski definition) is 6. The number of Topliss-reactive ketones (excluding diaryl/α,β-unsaturated/α-hetero) is 1. The summed E-state index contributed by atoms with van der Waals surface area (Å²) in [6.45, 7) is 10.7. The van der Waals surface area contributed by atoms with E-state index in [0.717, 1.165) is 11.1 Å². The van der Waals surface area contributed by atoms with Crippen LogP contribution in [0.5, 0.6) is 0 Å². The molecule has 222 valence electrons. The number of ketones is 2. The monoisotopic (exact) mass is 570 g/mol. The average molecular weight is 571 g/mol. The second kappa shape index (κ2) is 9.12. The van der Waals surface area contributed by atoms with Gasteiger partial charge < -0.3 is 19.3 Å². The highest BCUT2D eigenvalue weighted by Crippen LogP contribution is 2.72. The molecule has 4 aliphatic carbocycles. The number of aryl methyl sites for hydroxylation is 1. The largest absolute Gasteiger partial charge is 0.390 e. The Morgan fingerprint density at radius 1 is 1.20 bits per heavy atom. The van der Waals surface area contributed by atoms with Crippen molar-refractivity contribution >= 4 is 11.6 Å². The summed E-state index contributed by atoms with van der Waals surface area (Å²) in [7, 11) is 0. The van der Waals surface area contributed by atoms with E-state index < -0.39 is 64.2 Å². The lowest BCUT2D eigenvalue weighted by Crippen LogP contribution is -2.70. The number of aliphatic hydroxyl groups excluding tert-OH is 1. The van der Waals surface area contributed by atoms with E-state index in [1.807, 2.05) is 58.9 Å². The van der Waals surface area contributed by atoms with Crippen molar-refractivity contribution in [3.8, 4) is 0 Å². The Balaban J connectivity index is 1.44. The van der Waals surface area contributed by atoms with Gasteiger partial charge in [-0.05, 0) is 77.5 Å². The maximum atomic E-state index is 17.6. The number of benzene rings is 1. The first-order chi connectivity index (χ1) is 19.1. The van der Waals surface area contributed by atoms with Gasteiger partial charge in [0.05, 0.1) is 17.8 Å². The molecule has 10 atom stereocenters. The maximum Gasteiger partial charge on any atom is 0.193 e. The number of hydrogen-bond donors (Lipinski definition) is 1. The van der Waals surface area contributed by atoms with Gasteiger partial charge >= 0.3 is 0 Å². The zero-order valence-corrected chi connectivity index (χ0v) is 24.6. The van der Waals surface area contributed by atoms with Gasteiger partial charge in [-0.15, -0.1) is 0 Å². The highest BCUT2D eigenvalue weighted by atomic mass is 19.1. The molecule has 41 heavy (non-hydrogen) atoms. The fraction of sp³-hybridized carbons (Fsp3) is 0.636. The van der Waals surface area contributed by atoms with Crippen molar-refractivity contribution in [3.05, 3.63) is 59.2 Å². The van der Waals surface area contributed by atoms with Crippen molar-refractivity contribution in [2.75, 3.05) is 6.61 Å². The highest BCUT2D eigenvalue weighted by molar-refractivity contribution is 6.01. The predicted molar refractivity (Wildman–Crippen MR) is 147 cm³/mol. The summed E-state index contributed by atoms with van der Waals surface area (Å²) < 4.78 is 52.6. The van der Waals surface area contributed by atoms with E-state index in [4.69, 9.17) is 14.2 Å². The predicted octanol–water partition coefficient (Wildman–Crippen LogP) is 5.46. The second-order valence-corrected chi connectivity index (χ2v) is 14.1. The van der Waals surface area contributed by atoms with Crippen molar-refractivity contribution in [2.45, 2.75) is 102 Å². The lowest BCUT2D eigenvalue weighted by Gasteiger charge is -2.63. The van der Waals surface area contributed by atoms with Crippen LogP contribution in [0.3, 0.4) is 0 Å². The number of carbonyl (C=O) groups is 2. The Labute approximate surface area is 240 Å². The van der Waals surface area contributed by atoms with Gasteiger partial charge in [0.15, 0.2) is 29.1 Å². The van der Waals surface area contributed by atoms with E-state index >= 15 is 8.78 Å². The van der Waals surface area contributed by atoms with Gasteiger partial charge in [0, 0.05) is 22.3 Å². The van der Waals surface area contributed by atoms with Crippen LogP contribution in [0.1, 0.15) is 71.3 Å². The van der Waals surface area contributed by atoms with Crippen LogP contribution in [0, 0.1) is 29.6 Å². The fourth-order valence-corrected chi connectivity index (χ4v) is 8.80. The first-order valence-electron chi connectivity index (χ1n) is 14.6. The molecule has 0 radical (unpaired) electrons. The summed E-state index contributed by atoms with van der Waals surface area (Å²) in [5, 5.41) is 11.7. The maximum absolute atomic E-state index is 17.6. The first kappa shape index (κ1) is 28.8. The van der Waals surface area contributed by atoms with Crippen LogP contribution in [-0.4, -0.2) is 58.5 Å². The molecule has 6 nitrogen and oxygen atoms in total. The Morgan fingerprint density at radius 2 is 1.93 bits per heavy atom. The second-order valence-electron chi connectivity index (χ2n) is 14.1. The molecule has 1 aliphatic heterocycles. The van der Waals surface area contributed by atoms with E-state index in [9.17, 15) is 14.7 Å². The normalized spacial score (nSPS) is 45.0. The molecule has 0 amide bonds. The third-order valence-corrected chi connectivity index (χ3v) is 10.7. The molecule has 1 N–H and O–H groups in total. The fourth-order valence-electron chi connectivity index (χ4n) is 8.80. The molecule has 1 aromatic carbocycles. The number of carbonyl (C=O) groups excluding carboxylic acids is 2. The van der Waals surface area contributed by atoms with E-state index in [1.165, 1.54) is 18.2 Å². The standard InChI is InChI=1S/C33H40F2O6/c1-18-8-7-9-19(12-18)28-40-27-15-21-22-14-24(34)23-13-20(36)10-11-30(23,5)32(22,35)25(37)16-31(21,6)33(27,41-28)26(38)17-39-29(2,3)4/h7-13,21-22,24-25,27-28,37H,14-17H2,1-6H3/t21-,22-,24-,25-,27+,28?,30-,31-,32-,33+/m0/s1. The minimum atomic E-state index is -2.25. The highest BCUT2D eigenvalue weighted by Gasteiger charge is 2.80. The molecule has 1 aromatic rings. The smallest absolute Gasteiger partial charge is 0.193 e. The molecule has 8 heteroatoms. The summed E-state index contributed by atoms with van der Waals surface area (Å²) in [5.74, 6) is -2.17. The molecular weight excluding hydrogens is 530 g/mol. The number of alkyl halides is 2. The van der Waals surface area contributed by atoms with Crippen molar-refractivity contribution in [3.63, 3.8) is 0 Å². The Hall–Kier alpha value is -2.26. The van der Waals surface area contributed by atoms with Crippen LogP contribution in [0.15, 0.2) is 48.1 Å². The average Bonchev–Trinajstić information content (AvgIpc) is 3.39. The number of allylic oxidation sites excluding steroid dienone is 4. The van der Waals surface area contributed by atoms with E-state index in [2.05, 4.69) is 0 Å². The summed E-state index contributed by atoms with van der Waals surface area (Å²) in [4.78, 5) is 26.4. The Morgan fingerprint density at radius 3 is 2.61 bits per heavy atom. The van der Waals surface area contributed by atoms with Crippen LogP contribution in [0.25, 0.3) is 0 Å². The number of aliphatic hydroxyl groups is 1. The zero-order valence-electron chi connectivity index (χ0n) is 24.6. The van der Waals surface area contributed by atoms with Crippen LogP contribution in [0.2, 0.25) is 0 Å². The number of ether oxygens (including phenoxy) is 3. The molecule has 5 aliphatic rings. The van der Waals surface area contributed by atoms with Gasteiger partial charge in [-0.2, -0.15) is 0 Å². The minimum absolute atomic E-state index is 0.0703. The van der Waals surface area contributed by atoms with Gasteiger partial charge in [-0.3, -0.25) is 9.59 Å². The lowest BCUT2D eigenvalue weighted by atomic mass is 9.44. The van der Waals surface area contributed by atoms with E-state index in [-0.39, 0.29) is 43.0 Å². The van der Waals surface area contributed by atoms with Gasteiger partial charge in [0.2, 0.25) is 0 Å². The molecular formula is C33H40F2O6. The summed E-state index contributed by atoms with van der Waals surface area (Å²) in [6.07, 6.45) is -0.822. The number of rotatable bonds is 4. The minimum Gasteiger partial charge on any atom is -0.390 e.